The zero-order valence-electron chi connectivity index (χ0n) is 23.6. The van der Waals surface area contributed by atoms with Crippen molar-refractivity contribution in [1.82, 2.24) is 20.1 Å². The molecule has 36 heteroatoms. The first-order valence-corrected chi connectivity index (χ1v) is 19.3. The van der Waals surface area contributed by atoms with Crippen molar-refractivity contribution in [2.75, 3.05) is 28.2 Å². The van der Waals surface area contributed by atoms with Crippen LogP contribution in [0, 0.1) is 0 Å². The monoisotopic (exact) mass is 821 g/mol. The Morgan fingerprint density at radius 1 is 0.660 bits per heavy atom. The van der Waals surface area contributed by atoms with Crippen LogP contribution in [0.1, 0.15) is 0 Å². The maximum Gasteiger partial charge on any atom is 0.471 e. The molecule has 1 aromatic heterocycles. The van der Waals surface area contributed by atoms with Crippen molar-refractivity contribution in [1.29, 1.82) is 0 Å². The summed E-state index contributed by atoms with van der Waals surface area (Å²) >= 11 is 0. The van der Waals surface area contributed by atoms with Gasteiger partial charge in [-0.3, -0.25) is 9.40 Å². The van der Waals surface area contributed by atoms with Crippen LogP contribution in [-0.4, -0.2) is 142 Å². The van der Waals surface area contributed by atoms with Crippen LogP contribution in [0.4, 0.5) is 0 Å². The molecule has 47 heavy (non-hydrogen) atoms. The molecule has 2 aromatic rings. The molecular formula is C11H33N5O25P6. The van der Waals surface area contributed by atoms with E-state index < -0.39 is 46.9 Å². The summed E-state index contributed by atoms with van der Waals surface area (Å²) in [5.41, 5.74) is 1.65. The fourth-order valence-electron chi connectivity index (χ4n) is 1.56. The first-order valence-electron chi connectivity index (χ1n) is 9.98. The van der Waals surface area contributed by atoms with Gasteiger partial charge in [0.25, 0.3) is 7.82 Å². The minimum atomic E-state index is -4.89. The molecule has 0 unspecified atom stereocenters. The first-order chi connectivity index (χ1) is 20.1. The molecule has 0 amide bonds. The van der Waals surface area contributed by atoms with E-state index in [4.69, 9.17) is 120 Å². The van der Waals surface area contributed by atoms with Gasteiger partial charge in [-0.2, -0.15) is 0 Å². The smallest absolute Gasteiger partial charge is 0.471 e. The van der Waals surface area contributed by atoms with Crippen molar-refractivity contribution in [2.45, 2.75) is 0 Å². The highest BCUT2D eigenvalue weighted by molar-refractivity contribution is 7.46. The maximum atomic E-state index is 8.88. The summed E-state index contributed by atoms with van der Waals surface area (Å²) in [4.78, 5) is 140. The molecule has 0 bridgehead atoms. The van der Waals surface area contributed by atoms with Crippen LogP contribution in [0.2, 0.25) is 0 Å². The van der Waals surface area contributed by atoms with E-state index in [1.807, 2.05) is 61.9 Å². The molecule has 0 atom stereocenters. The second kappa shape index (κ2) is 23.8. The molecule has 0 fully saturated rings. The van der Waals surface area contributed by atoms with E-state index in [9.17, 15) is 0 Å². The summed E-state index contributed by atoms with van der Waals surface area (Å²) in [6, 6.07) is 8.34. The average molecular weight is 821 g/mol. The molecule has 1 heterocycles. The van der Waals surface area contributed by atoms with E-state index in [0.717, 1.165) is 11.0 Å². The molecule has 0 aliphatic carbocycles. The van der Waals surface area contributed by atoms with Crippen molar-refractivity contribution in [3.63, 3.8) is 0 Å². The lowest BCUT2D eigenvalue weighted by molar-refractivity contribution is -0.480. The van der Waals surface area contributed by atoms with Crippen LogP contribution in [-0.2, 0) is 27.4 Å². The highest BCUT2D eigenvalue weighted by atomic mass is 31.2. The molecule has 0 aliphatic rings. The van der Waals surface area contributed by atoms with E-state index in [1.165, 1.54) is 4.85 Å². The SMILES string of the molecule is CN(C)C(On1nnc2ccccc21)=[N+](C)C.O=P(O)(O)O.O=P(O)(O)O.O=P(O)(O)O.O=P(O)(O)O.O=P(O)(O)O.O=P([O-])(O)O. The third-order valence-electron chi connectivity index (χ3n) is 2.25. The summed E-state index contributed by atoms with van der Waals surface area (Å²) in [6.07, 6.45) is 0. The Kier molecular flexibility index (Phi) is 27.9. The van der Waals surface area contributed by atoms with Gasteiger partial charge in [-0.25, -0.2) is 32.3 Å². The molecule has 0 spiro atoms. The highest BCUT2D eigenvalue weighted by Gasteiger charge is 2.17. The first kappa shape index (κ1) is 55.0. The fourth-order valence-corrected chi connectivity index (χ4v) is 1.56. The predicted octanol–water partition coefficient (Wildman–Crippen LogP) is -6.15. The number of hydrogen-bond donors (Lipinski definition) is 17. The van der Waals surface area contributed by atoms with Crippen molar-refractivity contribution >= 4 is 64.0 Å². The number of nitrogens with zero attached hydrogens (tertiary/aromatic N) is 5. The summed E-state index contributed by atoms with van der Waals surface area (Å²) in [7, 11) is -20.4. The number of amidine groups is 1. The van der Waals surface area contributed by atoms with Crippen LogP contribution < -0.4 is 9.73 Å². The standard InChI is InChI=1S/C11H16N5O.6H3O4P/c1-14(2)11(15(3)4)17-16-10-8-6-5-7-9(10)12-13-16;6*1-5(2,3)4/h5-8H,1-4H3;6*(H3,1,2,3,4)/q+1;;;;;;/p-1. The number of aromatic nitrogens is 3. The van der Waals surface area contributed by atoms with E-state index in [0.29, 0.717) is 6.02 Å². The van der Waals surface area contributed by atoms with Crippen molar-refractivity contribution in [3.8, 4) is 0 Å². The van der Waals surface area contributed by atoms with E-state index in [1.54, 1.807) is 0 Å². The van der Waals surface area contributed by atoms with Crippen molar-refractivity contribution in [3.05, 3.63) is 24.3 Å². The van der Waals surface area contributed by atoms with E-state index in [2.05, 4.69) is 10.3 Å². The number of phosphoric acid groups is 6. The Balaban J connectivity index is -0.000000164. The van der Waals surface area contributed by atoms with Crippen molar-refractivity contribution in [2.24, 2.45) is 0 Å². The molecular weight excluding hydrogens is 788 g/mol. The molecule has 0 saturated carbocycles. The normalized spacial score (nSPS) is 11.3. The topological polar surface area (TPSA) is 516 Å². The highest BCUT2D eigenvalue weighted by Crippen LogP contribution is 2.27. The molecule has 0 saturated heterocycles. The summed E-state index contributed by atoms with van der Waals surface area (Å²) < 4.78 is 55.1. The largest absolute Gasteiger partial charge is 0.756 e. The van der Waals surface area contributed by atoms with E-state index >= 15 is 0 Å². The van der Waals surface area contributed by atoms with Gasteiger partial charge in [-0.05, 0) is 17.3 Å². The van der Waals surface area contributed by atoms with Gasteiger partial charge in [0.15, 0.2) is 0 Å². The third kappa shape index (κ3) is 86.4. The lowest BCUT2D eigenvalue weighted by Crippen LogP contribution is -2.39. The Hall–Kier alpha value is -1.45. The van der Waals surface area contributed by atoms with Crippen LogP contribution in [0.3, 0.4) is 0 Å². The van der Waals surface area contributed by atoms with Gasteiger partial charge in [0.05, 0.1) is 28.2 Å². The fraction of sp³-hybridized carbons (Fsp3) is 0.364. The van der Waals surface area contributed by atoms with Gasteiger partial charge in [-0.15, -0.1) is 5.10 Å². The van der Waals surface area contributed by atoms with Crippen LogP contribution in [0.15, 0.2) is 24.3 Å². The van der Waals surface area contributed by atoms with Gasteiger partial charge in [0, 0.05) is 0 Å². The quantitative estimate of drug-likeness (QED) is 0.0551. The minimum Gasteiger partial charge on any atom is -0.756 e. The van der Waals surface area contributed by atoms with Gasteiger partial charge < -0.3 is 88.1 Å². The molecule has 0 aliphatic heterocycles. The number of fused-ring (bicyclic) bond motifs is 1. The number of benzene rings is 1. The zero-order chi connectivity index (χ0) is 39.4. The van der Waals surface area contributed by atoms with Crippen LogP contribution in [0.5, 0.6) is 0 Å². The van der Waals surface area contributed by atoms with Crippen LogP contribution >= 0.6 is 46.9 Å². The Morgan fingerprint density at radius 2 is 0.915 bits per heavy atom. The maximum absolute atomic E-state index is 8.88. The van der Waals surface area contributed by atoms with Crippen LogP contribution in [0.25, 0.3) is 11.0 Å². The lowest BCUT2D eigenvalue weighted by atomic mass is 10.3. The molecule has 0 radical (unpaired) electrons. The van der Waals surface area contributed by atoms with Gasteiger partial charge in [-0.1, -0.05) is 17.0 Å². The van der Waals surface area contributed by atoms with E-state index in [-0.39, 0.29) is 0 Å². The molecule has 2 rings (SSSR count). The Bertz CT molecular complexity index is 1270. The predicted molar refractivity (Wildman–Crippen MR) is 148 cm³/mol. The Morgan fingerprint density at radius 3 is 1.15 bits per heavy atom. The second-order valence-electron chi connectivity index (χ2n) is 7.17. The van der Waals surface area contributed by atoms with Gasteiger partial charge >= 0.3 is 45.1 Å². The zero-order valence-corrected chi connectivity index (χ0v) is 29.0. The number of hydrogen-bond acceptors (Lipinski definition) is 10. The number of rotatable bonds is 1. The Labute approximate surface area is 261 Å². The summed E-state index contributed by atoms with van der Waals surface area (Å²) in [5.74, 6) is 0. The lowest BCUT2D eigenvalue weighted by Gasteiger charge is -2.10. The van der Waals surface area contributed by atoms with Crippen molar-refractivity contribution < 1.29 is 125 Å². The minimum absolute atomic E-state index is 0.681. The molecule has 30 nitrogen and oxygen atoms in total. The number of para-hydroxylation sites is 1. The van der Waals surface area contributed by atoms with Gasteiger partial charge in [0.2, 0.25) is 0 Å². The summed E-state index contributed by atoms with van der Waals surface area (Å²) in [6.45, 7) is 0. The molecule has 282 valence electrons. The molecule has 17 N–H and O–H groups in total. The second-order valence-corrected chi connectivity index (χ2v) is 13.3. The molecule has 1 aromatic carbocycles. The van der Waals surface area contributed by atoms with Gasteiger partial charge in [0.1, 0.15) is 11.0 Å². The summed E-state index contributed by atoms with van der Waals surface area (Å²) in [5, 5.41) is 8.00. The third-order valence-corrected chi connectivity index (χ3v) is 2.25. The average Bonchev–Trinajstić information content (AvgIpc) is 3.07.